The van der Waals surface area contributed by atoms with Crippen LogP contribution in [0.2, 0.25) is 0 Å². The van der Waals surface area contributed by atoms with E-state index >= 15 is 0 Å². The van der Waals surface area contributed by atoms with Crippen molar-refractivity contribution in [3.05, 3.63) is 106 Å². The number of amides is 1. The van der Waals surface area contributed by atoms with E-state index in [9.17, 15) is 57.5 Å². The van der Waals surface area contributed by atoms with Crippen LogP contribution in [0.4, 0.5) is 52.7 Å². The number of hydrogen-bond donors (Lipinski definition) is 2. The van der Waals surface area contributed by atoms with Gasteiger partial charge in [0.1, 0.15) is 0 Å². The van der Waals surface area contributed by atoms with Crippen LogP contribution in [0.3, 0.4) is 0 Å². The number of benzene rings is 3. The number of ether oxygens (including phenoxy) is 2. The van der Waals surface area contributed by atoms with Crippen molar-refractivity contribution in [2.24, 2.45) is 0 Å². The molecule has 0 radical (unpaired) electrons. The molecule has 1 aliphatic carbocycles. The van der Waals surface area contributed by atoms with Gasteiger partial charge in [-0.3, -0.25) is 10.1 Å². The number of halogens is 12. The lowest BCUT2D eigenvalue weighted by atomic mass is 9.71. The van der Waals surface area contributed by atoms with E-state index in [0.29, 0.717) is 42.7 Å². The standard InChI is InChI=1S/C32H28F12N2O3/c33-29(34,35)23-10-20(11-24(14-23)30(36,37)38)16-48-28(49-17-21-12-25(31(39,40)41)15-26(13-21)32(42,43)44)9-5-4-8-27(28,46-18-45-19-47)22-6-2-1-3-7-22/h1-3,6-7,10-15,19,46H,4-5,8-9,16-18H2,(H,45,47). The summed E-state index contributed by atoms with van der Waals surface area (Å²) in [6.07, 6.45) is -19.9. The summed E-state index contributed by atoms with van der Waals surface area (Å²) >= 11 is 0. The predicted octanol–water partition coefficient (Wildman–Crippen LogP) is 8.95. The van der Waals surface area contributed by atoms with Crippen molar-refractivity contribution in [3.63, 3.8) is 0 Å². The van der Waals surface area contributed by atoms with Crippen molar-refractivity contribution < 1.29 is 67.0 Å². The molecule has 0 saturated heterocycles. The summed E-state index contributed by atoms with van der Waals surface area (Å²) in [4.78, 5) is 11.1. The van der Waals surface area contributed by atoms with Gasteiger partial charge in [-0.1, -0.05) is 36.8 Å². The van der Waals surface area contributed by atoms with Crippen LogP contribution in [0, 0.1) is 0 Å². The molecule has 1 fully saturated rings. The summed E-state index contributed by atoms with van der Waals surface area (Å²) in [7, 11) is 0. The van der Waals surface area contributed by atoms with E-state index in [0.717, 1.165) is 0 Å². The molecule has 1 atom stereocenters. The van der Waals surface area contributed by atoms with Crippen molar-refractivity contribution in [2.45, 2.75) is 74.9 Å². The quantitative estimate of drug-likeness (QED) is 0.0901. The molecule has 3 aromatic carbocycles. The van der Waals surface area contributed by atoms with E-state index in [1.807, 2.05) is 0 Å². The van der Waals surface area contributed by atoms with Crippen molar-refractivity contribution >= 4 is 6.41 Å². The normalized spacial score (nSPS) is 18.7. The highest BCUT2D eigenvalue weighted by Crippen LogP contribution is 2.49. The molecule has 0 spiro atoms. The predicted molar refractivity (Wildman–Crippen MR) is 149 cm³/mol. The maximum absolute atomic E-state index is 13.6. The zero-order valence-electron chi connectivity index (χ0n) is 25.1. The molecule has 0 aromatic heterocycles. The Morgan fingerprint density at radius 2 is 1.02 bits per heavy atom. The van der Waals surface area contributed by atoms with Crippen molar-refractivity contribution in [3.8, 4) is 0 Å². The maximum atomic E-state index is 13.6. The van der Waals surface area contributed by atoms with Crippen LogP contribution in [0.15, 0.2) is 66.7 Å². The Balaban J connectivity index is 1.87. The van der Waals surface area contributed by atoms with Crippen LogP contribution < -0.4 is 10.6 Å². The van der Waals surface area contributed by atoms with Gasteiger partial charge >= 0.3 is 24.7 Å². The van der Waals surface area contributed by atoms with Crippen molar-refractivity contribution in [1.82, 2.24) is 10.6 Å². The number of rotatable bonds is 11. The number of hydrogen-bond acceptors (Lipinski definition) is 4. The molecule has 49 heavy (non-hydrogen) atoms. The fraction of sp³-hybridized carbons (Fsp3) is 0.406. The maximum Gasteiger partial charge on any atom is 0.416 e. The van der Waals surface area contributed by atoms with E-state index in [2.05, 4.69) is 10.6 Å². The third-order valence-corrected chi connectivity index (χ3v) is 8.04. The van der Waals surface area contributed by atoms with Crippen LogP contribution in [0.25, 0.3) is 0 Å². The minimum Gasteiger partial charge on any atom is -0.346 e. The SMILES string of the molecule is O=CNCNC1(c2ccccc2)CCCCC1(OCc1cc(C(F)(F)F)cc(C(F)(F)F)c1)OCc1cc(C(F)(F)F)cc(C(F)(F)F)c1. The first-order valence-corrected chi connectivity index (χ1v) is 14.5. The lowest BCUT2D eigenvalue weighted by Gasteiger charge is -2.53. The van der Waals surface area contributed by atoms with Gasteiger partial charge in [-0.05, 0) is 65.9 Å². The second kappa shape index (κ2) is 14.2. The van der Waals surface area contributed by atoms with Crippen LogP contribution in [0.1, 0.15) is 64.6 Å². The second-order valence-electron chi connectivity index (χ2n) is 11.3. The molecule has 0 bridgehead atoms. The molecule has 0 aliphatic heterocycles. The van der Waals surface area contributed by atoms with E-state index < -0.39 is 82.6 Å². The topological polar surface area (TPSA) is 59.6 Å². The molecule has 2 N–H and O–H groups in total. The van der Waals surface area contributed by atoms with Crippen molar-refractivity contribution in [2.75, 3.05) is 6.67 Å². The first-order valence-electron chi connectivity index (χ1n) is 14.5. The van der Waals surface area contributed by atoms with Gasteiger partial charge < -0.3 is 14.8 Å². The summed E-state index contributed by atoms with van der Waals surface area (Å²) in [5.41, 5.74) is -8.94. The van der Waals surface area contributed by atoms with Crippen molar-refractivity contribution in [1.29, 1.82) is 0 Å². The van der Waals surface area contributed by atoms with Crippen LogP contribution >= 0.6 is 0 Å². The molecule has 5 nitrogen and oxygen atoms in total. The number of carbonyl (C=O) groups is 1. The van der Waals surface area contributed by atoms with Gasteiger partial charge in [0, 0.05) is 6.42 Å². The Morgan fingerprint density at radius 3 is 1.41 bits per heavy atom. The summed E-state index contributed by atoms with van der Waals surface area (Å²) in [5, 5.41) is 5.42. The largest absolute Gasteiger partial charge is 0.416 e. The highest BCUT2D eigenvalue weighted by molar-refractivity contribution is 5.45. The van der Waals surface area contributed by atoms with E-state index in [1.54, 1.807) is 30.3 Å². The molecule has 4 rings (SSSR count). The Bertz CT molecular complexity index is 1440. The highest BCUT2D eigenvalue weighted by Gasteiger charge is 2.56. The zero-order valence-corrected chi connectivity index (χ0v) is 25.1. The Morgan fingerprint density at radius 1 is 0.612 bits per heavy atom. The number of alkyl halides is 12. The fourth-order valence-corrected chi connectivity index (χ4v) is 5.84. The highest BCUT2D eigenvalue weighted by atomic mass is 19.4. The first-order chi connectivity index (χ1) is 22.7. The van der Waals surface area contributed by atoms with E-state index in [4.69, 9.17) is 9.47 Å². The van der Waals surface area contributed by atoms with Gasteiger partial charge in [-0.15, -0.1) is 0 Å². The monoisotopic (exact) mass is 716 g/mol. The molecular weight excluding hydrogens is 688 g/mol. The van der Waals surface area contributed by atoms with Gasteiger partial charge in [0.25, 0.3) is 0 Å². The molecule has 1 unspecified atom stereocenters. The zero-order chi connectivity index (χ0) is 36.3. The van der Waals surface area contributed by atoms with Crippen LogP contribution in [0.5, 0.6) is 0 Å². The van der Waals surface area contributed by atoms with Crippen LogP contribution in [-0.4, -0.2) is 18.9 Å². The molecule has 1 aliphatic rings. The van der Waals surface area contributed by atoms with Gasteiger partial charge in [0.15, 0.2) is 5.79 Å². The lowest BCUT2D eigenvalue weighted by Crippen LogP contribution is -2.65. The summed E-state index contributed by atoms with van der Waals surface area (Å²) < 4.78 is 176. The van der Waals surface area contributed by atoms with E-state index in [-0.39, 0.29) is 38.1 Å². The average molecular weight is 717 g/mol. The van der Waals surface area contributed by atoms with E-state index in [1.165, 1.54) is 0 Å². The smallest absolute Gasteiger partial charge is 0.346 e. The molecule has 1 amide bonds. The summed E-state index contributed by atoms with van der Waals surface area (Å²) in [6, 6.07) is 9.48. The Labute approximate surface area is 271 Å². The summed E-state index contributed by atoms with van der Waals surface area (Å²) in [5.74, 6) is -2.14. The van der Waals surface area contributed by atoms with Gasteiger partial charge in [0.2, 0.25) is 6.41 Å². The third-order valence-electron chi connectivity index (χ3n) is 8.04. The molecular formula is C32H28F12N2O3. The lowest BCUT2D eigenvalue weighted by molar-refractivity contribution is -0.309. The average Bonchev–Trinajstić information content (AvgIpc) is 3.02. The second-order valence-corrected chi connectivity index (χ2v) is 11.3. The minimum atomic E-state index is -5.19. The minimum absolute atomic E-state index is 0.0802. The molecule has 17 heteroatoms. The number of carbonyl (C=O) groups excluding carboxylic acids is 1. The van der Waals surface area contributed by atoms with Crippen LogP contribution in [-0.2, 0) is 57.7 Å². The molecule has 3 aromatic rings. The molecule has 0 heterocycles. The van der Waals surface area contributed by atoms with Gasteiger partial charge in [-0.2, -0.15) is 52.7 Å². The summed E-state index contributed by atoms with van der Waals surface area (Å²) in [6.45, 7) is -2.21. The number of nitrogens with one attached hydrogen (secondary N) is 2. The van der Waals surface area contributed by atoms with Gasteiger partial charge in [-0.25, -0.2) is 0 Å². The molecule has 1 saturated carbocycles. The Hall–Kier alpha value is -3.83. The molecule has 268 valence electrons. The van der Waals surface area contributed by atoms with Gasteiger partial charge in [0.05, 0.1) is 47.7 Å². The fourth-order valence-electron chi connectivity index (χ4n) is 5.84. The first kappa shape index (κ1) is 38.0. The Kier molecular flexibility index (Phi) is 11.0. The third kappa shape index (κ3) is 8.86.